The summed E-state index contributed by atoms with van der Waals surface area (Å²) in [5, 5.41) is 22.9. The number of carbonyl (C=O) groups is 2. The van der Waals surface area contributed by atoms with Crippen molar-refractivity contribution in [2.75, 3.05) is 4.90 Å². The van der Waals surface area contributed by atoms with Gasteiger partial charge in [-0.25, -0.2) is 13.8 Å². The Balaban J connectivity index is 1.56. The maximum atomic E-state index is 13.8. The number of phenols is 1. The lowest BCUT2D eigenvalue weighted by atomic mass is 9.94. The van der Waals surface area contributed by atoms with Gasteiger partial charge in [0.25, 0.3) is 5.78 Å². The van der Waals surface area contributed by atoms with E-state index in [1.165, 1.54) is 24.3 Å². The van der Waals surface area contributed by atoms with Gasteiger partial charge in [-0.1, -0.05) is 59.9 Å². The number of aromatic nitrogens is 1. The van der Waals surface area contributed by atoms with Crippen molar-refractivity contribution < 1.29 is 28.6 Å². The van der Waals surface area contributed by atoms with Gasteiger partial charge in [0.2, 0.25) is 0 Å². The number of nitrogens with zero attached hydrogens (tertiary/aromatic N) is 2. The van der Waals surface area contributed by atoms with Gasteiger partial charge in [-0.15, -0.1) is 0 Å². The minimum atomic E-state index is -1.10. The van der Waals surface area contributed by atoms with Crippen LogP contribution in [0.15, 0.2) is 84.4 Å². The van der Waals surface area contributed by atoms with Crippen LogP contribution in [0.2, 0.25) is 0 Å². The van der Waals surface area contributed by atoms with E-state index in [9.17, 15) is 28.6 Å². The third kappa shape index (κ3) is 3.71. The second-order valence-corrected chi connectivity index (χ2v) is 9.56. The second kappa shape index (κ2) is 8.49. The molecule has 6 rings (SSSR count). The molecule has 0 radical (unpaired) electrons. The number of thiazole rings is 1. The minimum absolute atomic E-state index is 0.0267. The monoisotopic (exact) mass is 514 g/mol. The lowest BCUT2D eigenvalue weighted by Crippen LogP contribution is -2.29. The molecule has 37 heavy (non-hydrogen) atoms. The average molecular weight is 515 g/mol. The summed E-state index contributed by atoms with van der Waals surface area (Å²) in [5.74, 6) is -4.42. The first-order chi connectivity index (χ1) is 17.8. The summed E-state index contributed by atoms with van der Waals surface area (Å²) < 4.78 is 27.9. The number of fused-ring (bicyclic) bond motifs is 2. The molecule has 1 aromatic heterocycles. The van der Waals surface area contributed by atoms with Crippen LogP contribution in [-0.2, 0) is 9.59 Å². The van der Waals surface area contributed by atoms with Crippen LogP contribution in [0, 0.1) is 11.6 Å². The molecule has 1 unspecified atom stereocenters. The number of benzene rings is 4. The van der Waals surface area contributed by atoms with Crippen LogP contribution in [-0.4, -0.2) is 26.9 Å². The molecule has 0 saturated carbocycles. The van der Waals surface area contributed by atoms with Crippen molar-refractivity contribution in [1.29, 1.82) is 0 Å². The van der Waals surface area contributed by atoms with E-state index in [1.807, 2.05) is 24.3 Å². The van der Waals surface area contributed by atoms with Crippen LogP contribution in [0.1, 0.15) is 17.2 Å². The molecule has 1 aliphatic heterocycles. The molecule has 1 aliphatic rings. The molecule has 182 valence electrons. The zero-order valence-corrected chi connectivity index (χ0v) is 19.7. The lowest BCUT2D eigenvalue weighted by molar-refractivity contribution is -0.132. The van der Waals surface area contributed by atoms with Crippen molar-refractivity contribution in [3.8, 4) is 5.75 Å². The fourth-order valence-corrected chi connectivity index (χ4v) is 5.51. The van der Waals surface area contributed by atoms with Gasteiger partial charge < -0.3 is 10.2 Å². The Labute approximate surface area is 212 Å². The molecule has 1 amide bonds. The van der Waals surface area contributed by atoms with Gasteiger partial charge in [-0.05, 0) is 40.6 Å². The van der Waals surface area contributed by atoms with Gasteiger partial charge in [-0.3, -0.25) is 14.5 Å². The molecule has 5 aromatic rings. The number of aliphatic hydroxyl groups excluding tert-OH is 1. The number of ketones is 1. The highest BCUT2D eigenvalue weighted by Gasteiger charge is 2.48. The van der Waals surface area contributed by atoms with Crippen molar-refractivity contribution in [3.05, 3.63) is 107 Å². The topological polar surface area (TPSA) is 90.7 Å². The normalized spacial score (nSPS) is 17.2. The number of amides is 1. The van der Waals surface area contributed by atoms with Crippen LogP contribution < -0.4 is 4.90 Å². The predicted molar refractivity (Wildman–Crippen MR) is 136 cm³/mol. The Morgan fingerprint density at radius 1 is 0.892 bits per heavy atom. The number of Topliss-reactive ketones (excluding diaryl/α,β-unsaturated/α-hetero) is 1. The number of aromatic hydroxyl groups is 1. The lowest BCUT2D eigenvalue weighted by Gasteiger charge is -2.23. The fourth-order valence-electron chi connectivity index (χ4n) is 4.51. The molecule has 9 heteroatoms. The summed E-state index contributed by atoms with van der Waals surface area (Å²) in [5.41, 5.74) is 0.729. The number of rotatable bonds is 3. The quantitative estimate of drug-likeness (QED) is 0.174. The third-order valence-electron chi connectivity index (χ3n) is 6.30. The highest BCUT2D eigenvalue weighted by atomic mass is 32.1. The number of halogens is 2. The maximum absolute atomic E-state index is 13.8. The molecule has 1 saturated heterocycles. The number of hydrogen-bond donors (Lipinski definition) is 2. The van der Waals surface area contributed by atoms with Crippen LogP contribution in [0.3, 0.4) is 0 Å². The first-order valence-corrected chi connectivity index (χ1v) is 12.0. The molecule has 0 spiro atoms. The van der Waals surface area contributed by atoms with Crippen LogP contribution >= 0.6 is 11.3 Å². The van der Waals surface area contributed by atoms with E-state index < -0.39 is 29.4 Å². The summed E-state index contributed by atoms with van der Waals surface area (Å²) >= 11 is 0.918. The van der Waals surface area contributed by atoms with Gasteiger partial charge in [0, 0.05) is 11.6 Å². The molecule has 4 aromatic carbocycles. The van der Waals surface area contributed by atoms with Crippen LogP contribution in [0.25, 0.3) is 26.7 Å². The van der Waals surface area contributed by atoms with E-state index in [1.54, 1.807) is 18.2 Å². The SMILES string of the molecule is O=C1C(=O)N(c2nc3cc(F)c(F)cc3s2)C(c2ccc(O)cc2)/C1=C(\O)c1ccc2ccccc2c1. The van der Waals surface area contributed by atoms with Crippen molar-refractivity contribution in [2.45, 2.75) is 6.04 Å². The molecule has 6 nitrogen and oxygen atoms in total. The molecule has 2 N–H and O–H groups in total. The molecule has 0 aliphatic carbocycles. The summed E-state index contributed by atoms with van der Waals surface area (Å²) in [4.78, 5) is 32.1. The van der Waals surface area contributed by atoms with Crippen molar-refractivity contribution in [1.82, 2.24) is 4.98 Å². The van der Waals surface area contributed by atoms with Crippen molar-refractivity contribution in [2.24, 2.45) is 0 Å². The minimum Gasteiger partial charge on any atom is -0.508 e. The second-order valence-electron chi connectivity index (χ2n) is 8.55. The Morgan fingerprint density at radius 2 is 1.59 bits per heavy atom. The van der Waals surface area contributed by atoms with Crippen LogP contribution in [0.4, 0.5) is 13.9 Å². The molecule has 1 atom stereocenters. The number of anilines is 1. The van der Waals surface area contributed by atoms with E-state index in [-0.39, 0.29) is 32.4 Å². The Bertz CT molecular complexity index is 1740. The summed E-state index contributed by atoms with van der Waals surface area (Å²) in [7, 11) is 0. The molecular weight excluding hydrogens is 498 g/mol. The summed E-state index contributed by atoms with van der Waals surface area (Å²) in [6, 6.07) is 19.3. The third-order valence-corrected chi connectivity index (χ3v) is 7.32. The van der Waals surface area contributed by atoms with Gasteiger partial charge in [-0.2, -0.15) is 0 Å². The highest BCUT2D eigenvalue weighted by Crippen LogP contribution is 2.44. The van der Waals surface area contributed by atoms with Gasteiger partial charge in [0.15, 0.2) is 16.8 Å². The first kappa shape index (κ1) is 22.8. The summed E-state index contributed by atoms with van der Waals surface area (Å²) in [6.45, 7) is 0. The first-order valence-electron chi connectivity index (χ1n) is 11.2. The average Bonchev–Trinajstić information content (AvgIpc) is 3.41. The standard InChI is InChI=1S/C28H16F2N2O4S/c29-19-12-21-22(13-20(19)30)37-28(31-21)32-24(15-7-9-18(33)10-8-15)23(26(35)27(32)36)25(34)17-6-5-14-3-1-2-4-16(14)11-17/h1-13,24,33-34H/b25-23+. The Morgan fingerprint density at radius 3 is 2.35 bits per heavy atom. The van der Waals surface area contributed by atoms with Gasteiger partial charge >= 0.3 is 5.91 Å². The van der Waals surface area contributed by atoms with E-state index in [4.69, 9.17) is 0 Å². The Kier molecular flexibility index (Phi) is 5.24. The van der Waals surface area contributed by atoms with Gasteiger partial charge in [0.05, 0.1) is 21.8 Å². The largest absolute Gasteiger partial charge is 0.508 e. The van der Waals surface area contributed by atoms with Crippen molar-refractivity contribution in [3.63, 3.8) is 0 Å². The van der Waals surface area contributed by atoms with Crippen LogP contribution in [0.5, 0.6) is 5.75 Å². The van der Waals surface area contributed by atoms with Crippen molar-refractivity contribution >= 4 is 54.9 Å². The zero-order chi connectivity index (χ0) is 25.8. The van der Waals surface area contributed by atoms with E-state index in [0.717, 1.165) is 39.1 Å². The maximum Gasteiger partial charge on any atom is 0.301 e. The molecule has 2 heterocycles. The predicted octanol–water partition coefficient (Wildman–Crippen LogP) is 6.06. The number of hydrogen-bond acceptors (Lipinski definition) is 6. The number of aliphatic hydroxyl groups is 1. The van der Waals surface area contributed by atoms with E-state index in [0.29, 0.717) is 11.1 Å². The number of phenolic OH excluding ortho intramolecular Hbond substituents is 1. The summed E-state index contributed by atoms with van der Waals surface area (Å²) in [6.07, 6.45) is 0. The van der Waals surface area contributed by atoms with Gasteiger partial charge in [0.1, 0.15) is 11.5 Å². The molecular formula is C28H16F2N2O4S. The molecule has 0 bridgehead atoms. The van der Waals surface area contributed by atoms with E-state index in [2.05, 4.69) is 4.98 Å². The zero-order valence-electron chi connectivity index (χ0n) is 18.9. The number of carbonyl (C=O) groups excluding carboxylic acids is 2. The molecule has 1 fully saturated rings. The smallest absolute Gasteiger partial charge is 0.301 e. The Hall–Kier alpha value is -4.63. The van der Waals surface area contributed by atoms with E-state index >= 15 is 0 Å². The fraction of sp³-hybridized carbons (Fsp3) is 0.0357. The highest BCUT2D eigenvalue weighted by molar-refractivity contribution is 7.22.